The predicted octanol–water partition coefficient (Wildman–Crippen LogP) is 6.07. The maximum absolute atomic E-state index is 13.4. The topological polar surface area (TPSA) is 161 Å². The summed E-state index contributed by atoms with van der Waals surface area (Å²) >= 11 is 0. The van der Waals surface area contributed by atoms with Gasteiger partial charge in [-0.15, -0.1) is 5.10 Å². The van der Waals surface area contributed by atoms with E-state index in [1.54, 1.807) is 9.58 Å². The first-order valence-corrected chi connectivity index (χ1v) is 21.1. The summed E-state index contributed by atoms with van der Waals surface area (Å²) in [5.74, 6) is 1.33. The standard InChI is InChI=1S/C40H66N12O5/c1-39(2,3)56-37(53)49(19-14-21-51(31-15-9-8-10-16-31)38(54)57-40(4,5)6)18-13-20-50-28-30(45-46-50)27-41-36-43-34(48-24-22-47(7)23-25-48)33-35(44-36)52(29-42-33)32-17-11-12-26-55-32/h28-29,31-32H,8-27H2,1-7H3,(H,41,43,44). The van der Waals surface area contributed by atoms with E-state index >= 15 is 0 Å². The lowest BCUT2D eigenvalue weighted by Gasteiger charge is -2.36. The van der Waals surface area contributed by atoms with Gasteiger partial charge in [-0.25, -0.2) is 14.6 Å². The zero-order chi connectivity index (χ0) is 40.6. The maximum Gasteiger partial charge on any atom is 0.410 e. The number of anilines is 2. The molecule has 3 aliphatic rings. The summed E-state index contributed by atoms with van der Waals surface area (Å²) < 4.78 is 21.5. The molecule has 3 aromatic rings. The molecule has 1 atom stereocenters. The second-order valence-corrected chi connectivity index (χ2v) is 17.8. The molecule has 1 N–H and O–H groups in total. The van der Waals surface area contributed by atoms with Crippen molar-refractivity contribution in [1.29, 1.82) is 0 Å². The normalized spacial score (nSPS) is 18.8. The molecule has 3 aromatic heterocycles. The van der Waals surface area contributed by atoms with Gasteiger partial charge < -0.3 is 39.1 Å². The minimum absolute atomic E-state index is 0.0912. The van der Waals surface area contributed by atoms with Crippen LogP contribution in [0.4, 0.5) is 21.4 Å². The number of nitrogens with zero attached hydrogens (tertiary/aromatic N) is 11. The Morgan fingerprint density at radius 3 is 2.28 bits per heavy atom. The van der Waals surface area contributed by atoms with Crippen LogP contribution in [-0.4, -0.2) is 138 Å². The van der Waals surface area contributed by atoms with Crippen LogP contribution in [0.25, 0.3) is 11.2 Å². The van der Waals surface area contributed by atoms with E-state index in [0.717, 1.165) is 100 Å². The van der Waals surface area contributed by atoms with Crippen molar-refractivity contribution < 1.29 is 23.8 Å². The molecule has 1 saturated carbocycles. The first-order chi connectivity index (χ1) is 27.2. The van der Waals surface area contributed by atoms with E-state index in [2.05, 4.69) is 32.5 Å². The third kappa shape index (κ3) is 12.1. The molecule has 1 unspecified atom stereocenters. The number of imidazole rings is 1. The van der Waals surface area contributed by atoms with Crippen molar-refractivity contribution in [1.82, 2.24) is 49.2 Å². The van der Waals surface area contributed by atoms with Gasteiger partial charge >= 0.3 is 12.2 Å². The Balaban J connectivity index is 1.07. The summed E-state index contributed by atoms with van der Waals surface area (Å²) in [6, 6.07) is 0.160. The van der Waals surface area contributed by atoms with E-state index in [4.69, 9.17) is 29.2 Å². The van der Waals surface area contributed by atoms with Gasteiger partial charge in [-0.2, -0.15) is 9.97 Å². The van der Waals surface area contributed by atoms with Crippen molar-refractivity contribution in [3.8, 4) is 0 Å². The molecule has 57 heavy (non-hydrogen) atoms. The molecule has 3 fully saturated rings. The summed E-state index contributed by atoms with van der Waals surface area (Å²) in [5.41, 5.74) is 1.09. The minimum Gasteiger partial charge on any atom is -0.444 e. The van der Waals surface area contributed by atoms with Gasteiger partial charge in [-0.05, 0) is 93.5 Å². The smallest absolute Gasteiger partial charge is 0.410 e. The number of carbonyl (C=O) groups excluding carboxylic acids is 2. The summed E-state index contributed by atoms with van der Waals surface area (Å²) in [5, 5.41) is 12.2. The van der Waals surface area contributed by atoms with Crippen LogP contribution in [0.5, 0.6) is 0 Å². The third-order valence-electron chi connectivity index (χ3n) is 10.6. The summed E-state index contributed by atoms with van der Waals surface area (Å²) in [6.07, 6.45) is 12.7. The van der Waals surface area contributed by atoms with Crippen molar-refractivity contribution >= 4 is 35.1 Å². The Hall–Kier alpha value is -4.25. The highest BCUT2D eigenvalue weighted by atomic mass is 16.6. The molecule has 17 heteroatoms. The van der Waals surface area contributed by atoms with E-state index in [0.29, 0.717) is 51.5 Å². The highest BCUT2D eigenvalue weighted by Gasteiger charge is 2.30. The first-order valence-electron chi connectivity index (χ1n) is 21.1. The lowest BCUT2D eigenvalue weighted by Crippen LogP contribution is -2.46. The molecule has 2 amide bonds. The van der Waals surface area contributed by atoms with Gasteiger partial charge in [0.2, 0.25) is 5.95 Å². The molecule has 5 heterocycles. The van der Waals surface area contributed by atoms with E-state index in [-0.39, 0.29) is 24.5 Å². The van der Waals surface area contributed by atoms with Gasteiger partial charge in [-0.3, -0.25) is 9.25 Å². The number of nitrogens with one attached hydrogen (secondary N) is 1. The molecule has 0 spiro atoms. The van der Waals surface area contributed by atoms with Crippen LogP contribution < -0.4 is 10.2 Å². The maximum atomic E-state index is 13.4. The Labute approximate surface area is 337 Å². The second-order valence-electron chi connectivity index (χ2n) is 17.8. The largest absolute Gasteiger partial charge is 0.444 e. The summed E-state index contributed by atoms with van der Waals surface area (Å²) in [7, 11) is 2.14. The molecule has 1 aliphatic carbocycles. The molecule has 17 nitrogen and oxygen atoms in total. The van der Waals surface area contributed by atoms with Crippen molar-refractivity contribution in [2.45, 2.75) is 142 Å². The van der Waals surface area contributed by atoms with E-state index in [1.165, 1.54) is 6.42 Å². The van der Waals surface area contributed by atoms with Crippen LogP contribution in [0.1, 0.15) is 118 Å². The average Bonchev–Trinajstić information content (AvgIpc) is 3.81. The van der Waals surface area contributed by atoms with Gasteiger partial charge in [0.05, 0.1) is 19.1 Å². The zero-order valence-electron chi connectivity index (χ0n) is 35.4. The predicted molar refractivity (Wildman–Crippen MR) is 218 cm³/mol. The van der Waals surface area contributed by atoms with Crippen LogP contribution in [0.3, 0.4) is 0 Å². The molecule has 0 bridgehead atoms. The van der Waals surface area contributed by atoms with Crippen LogP contribution >= 0.6 is 0 Å². The molecule has 316 valence electrons. The van der Waals surface area contributed by atoms with Crippen molar-refractivity contribution in [2.75, 3.05) is 69.7 Å². The molecule has 6 rings (SSSR count). The Kier molecular flexibility index (Phi) is 14.1. The van der Waals surface area contributed by atoms with Crippen LogP contribution in [0.15, 0.2) is 12.5 Å². The molecule has 0 aromatic carbocycles. The van der Waals surface area contributed by atoms with E-state index in [9.17, 15) is 9.59 Å². The number of carbonyl (C=O) groups is 2. The fraction of sp³-hybridized carbons (Fsp3) is 0.775. The van der Waals surface area contributed by atoms with Crippen molar-refractivity contribution in [3.05, 3.63) is 18.2 Å². The zero-order valence-corrected chi connectivity index (χ0v) is 35.4. The second kappa shape index (κ2) is 19.0. The van der Waals surface area contributed by atoms with E-state index in [1.807, 2.05) is 63.5 Å². The molecule has 2 saturated heterocycles. The number of rotatable bonds is 14. The van der Waals surface area contributed by atoms with Gasteiger partial charge in [0.1, 0.15) is 23.1 Å². The number of aryl methyl sites for hydroxylation is 1. The van der Waals surface area contributed by atoms with Gasteiger partial charge in [0.25, 0.3) is 0 Å². The number of aromatic nitrogens is 7. The Morgan fingerprint density at radius 1 is 0.877 bits per heavy atom. The minimum atomic E-state index is -0.628. The number of amides is 2. The number of ether oxygens (including phenoxy) is 3. The van der Waals surface area contributed by atoms with Gasteiger partial charge in [0, 0.05) is 65.0 Å². The highest BCUT2D eigenvalue weighted by Crippen LogP contribution is 2.31. The van der Waals surface area contributed by atoms with Crippen LogP contribution in [-0.2, 0) is 27.3 Å². The van der Waals surface area contributed by atoms with Crippen LogP contribution in [0.2, 0.25) is 0 Å². The molecular formula is C40H66N12O5. The molecular weight excluding hydrogens is 729 g/mol. The van der Waals surface area contributed by atoms with Crippen LogP contribution in [0, 0.1) is 0 Å². The monoisotopic (exact) mass is 795 g/mol. The number of piperazine rings is 1. The van der Waals surface area contributed by atoms with Gasteiger partial charge in [0.15, 0.2) is 17.0 Å². The lowest BCUT2D eigenvalue weighted by atomic mass is 9.94. The number of hydrogen-bond donors (Lipinski definition) is 1. The Bertz CT molecular complexity index is 1750. The Morgan fingerprint density at radius 2 is 1.58 bits per heavy atom. The van der Waals surface area contributed by atoms with Gasteiger partial charge in [-0.1, -0.05) is 24.5 Å². The third-order valence-corrected chi connectivity index (χ3v) is 10.6. The van der Waals surface area contributed by atoms with E-state index < -0.39 is 11.2 Å². The van der Waals surface area contributed by atoms with Crippen molar-refractivity contribution in [3.63, 3.8) is 0 Å². The quantitative estimate of drug-likeness (QED) is 0.201. The SMILES string of the molecule is CN1CCN(c2nc(NCc3cn(CCCN(CCCN(C(=O)OC(C)(C)C)C4CCCCC4)C(=O)OC(C)(C)C)nn3)nc3c2ncn3C2CCCCO2)CC1. The number of hydrogen-bond acceptors (Lipinski definition) is 13. The number of fused-ring (bicyclic) bond motifs is 1. The highest BCUT2D eigenvalue weighted by molar-refractivity contribution is 5.85. The summed E-state index contributed by atoms with van der Waals surface area (Å²) in [6.45, 7) is 18.1. The molecule has 2 aliphatic heterocycles. The number of likely N-dealkylation sites (N-methyl/N-ethyl adjacent to an activating group) is 1. The van der Waals surface area contributed by atoms with Crippen molar-refractivity contribution in [2.24, 2.45) is 0 Å². The molecule has 0 radical (unpaired) electrons. The fourth-order valence-electron chi connectivity index (χ4n) is 7.68. The summed E-state index contributed by atoms with van der Waals surface area (Å²) in [4.78, 5) is 49.6. The first kappa shape index (κ1) is 42.4. The fourth-order valence-corrected chi connectivity index (χ4v) is 7.68. The average molecular weight is 795 g/mol. The lowest BCUT2D eigenvalue weighted by molar-refractivity contribution is -0.0298.